The van der Waals surface area contributed by atoms with Crippen molar-refractivity contribution in [3.63, 3.8) is 0 Å². The molecular formula is C15H17FN2O2. The number of hydrogen-bond donors (Lipinski definition) is 2. The van der Waals surface area contributed by atoms with Crippen LogP contribution in [0.25, 0.3) is 6.08 Å². The second-order valence-electron chi connectivity index (χ2n) is 4.91. The smallest absolute Gasteiger partial charge is 0.268 e. The van der Waals surface area contributed by atoms with Crippen LogP contribution in [0.1, 0.15) is 25.8 Å². The summed E-state index contributed by atoms with van der Waals surface area (Å²) in [6.45, 7) is 3.85. The summed E-state index contributed by atoms with van der Waals surface area (Å²) in [6, 6.07) is 5.54. The first-order chi connectivity index (χ1) is 9.52. The minimum atomic E-state index is -0.537. The van der Waals surface area contributed by atoms with Gasteiger partial charge in [0.2, 0.25) is 5.91 Å². The fourth-order valence-corrected chi connectivity index (χ4v) is 2.04. The molecule has 1 aromatic carbocycles. The summed E-state index contributed by atoms with van der Waals surface area (Å²) in [5.41, 5.74) is 0.333. The van der Waals surface area contributed by atoms with Crippen LogP contribution in [-0.2, 0) is 9.59 Å². The van der Waals surface area contributed by atoms with Gasteiger partial charge in [-0.25, -0.2) is 4.39 Å². The maximum absolute atomic E-state index is 13.5. The number of rotatable bonds is 3. The van der Waals surface area contributed by atoms with Crippen LogP contribution in [-0.4, -0.2) is 17.9 Å². The summed E-state index contributed by atoms with van der Waals surface area (Å²) < 4.78 is 13.5. The second kappa shape index (κ2) is 5.86. The van der Waals surface area contributed by atoms with E-state index in [-0.39, 0.29) is 23.1 Å². The summed E-state index contributed by atoms with van der Waals surface area (Å²) in [5, 5.41) is 5.22. The lowest BCUT2D eigenvalue weighted by molar-refractivity contribution is -0.132. The summed E-state index contributed by atoms with van der Waals surface area (Å²) in [6.07, 6.45) is 2.13. The number of hydrogen-bond acceptors (Lipinski definition) is 2. The largest absolute Gasteiger partial charge is 0.339 e. The average Bonchev–Trinajstić information content (AvgIpc) is 2.44. The van der Waals surface area contributed by atoms with E-state index in [1.54, 1.807) is 18.2 Å². The first-order valence-corrected chi connectivity index (χ1v) is 6.61. The van der Waals surface area contributed by atoms with E-state index in [9.17, 15) is 14.0 Å². The van der Waals surface area contributed by atoms with E-state index in [1.807, 2.05) is 13.8 Å². The van der Waals surface area contributed by atoms with Crippen molar-refractivity contribution in [3.05, 3.63) is 41.3 Å². The second-order valence-corrected chi connectivity index (χ2v) is 4.91. The number of benzene rings is 1. The van der Waals surface area contributed by atoms with Crippen molar-refractivity contribution in [1.82, 2.24) is 10.6 Å². The van der Waals surface area contributed by atoms with Gasteiger partial charge in [-0.2, -0.15) is 0 Å². The lowest BCUT2D eigenvalue weighted by Gasteiger charge is -2.28. The highest BCUT2D eigenvalue weighted by Crippen LogP contribution is 2.16. The Morgan fingerprint density at radius 2 is 2.05 bits per heavy atom. The third-order valence-electron chi connectivity index (χ3n) is 3.49. The highest BCUT2D eigenvalue weighted by molar-refractivity contribution is 6.07. The highest BCUT2D eigenvalue weighted by atomic mass is 19.1. The van der Waals surface area contributed by atoms with Crippen LogP contribution in [0.5, 0.6) is 0 Å². The zero-order chi connectivity index (χ0) is 14.7. The van der Waals surface area contributed by atoms with Gasteiger partial charge in [-0.3, -0.25) is 9.59 Å². The number of halogens is 1. The van der Waals surface area contributed by atoms with Gasteiger partial charge in [0.1, 0.15) is 17.6 Å². The minimum absolute atomic E-state index is 0.0500. The molecule has 1 fully saturated rings. The molecule has 1 aliphatic heterocycles. The Bertz CT molecular complexity index is 569. The molecule has 5 heteroatoms. The van der Waals surface area contributed by atoms with Crippen LogP contribution < -0.4 is 10.6 Å². The Hall–Kier alpha value is -2.17. The van der Waals surface area contributed by atoms with Crippen molar-refractivity contribution in [2.45, 2.75) is 26.3 Å². The molecule has 20 heavy (non-hydrogen) atoms. The molecule has 106 valence electrons. The SMILES string of the molecule is CC[C@H](C)[C@@H]1NC(=O)/C(=C\c2ccccc2F)NC1=O. The first-order valence-electron chi connectivity index (χ1n) is 6.61. The molecule has 0 saturated carbocycles. The Kier molecular flexibility index (Phi) is 4.17. The van der Waals surface area contributed by atoms with Crippen LogP contribution in [0.2, 0.25) is 0 Å². The molecular weight excluding hydrogens is 259 g/mol. The van der Waals surface area contributed by atoms with Gasteiger partial charge in [0.15, 0.2) is 0 Å². The summed E-state index contributed by atoms with van der Waals surface area (Å²) >= 11 is 0. The molecule has 0 spiro atoms. The maximum Gasteiger partial charge on any atom is 0.268 e. The molecule has 0 aliphatic carbocycles. The van der Waals surface area contributed by atoms with Crippen molar-refractivity contribution in [2.75, 3.05) is 0 Å². The van der Waals surface area contributed by atoms with Gasteiger partial charge in [0.05, 0.1) is 0 Å². The number of amides is 2. The minimum Gasteiger partial charge on any atom is -0.339 e. The van der Waals surface area contributed by atoms with Gasteiger partial charge in [-0.05, 0) is 18.1 Å². The Morgan fingerprint density at radius 1 is 1.35 bits per heavy atom. The van der Waals surface area contributed by atoms with Gasteiger partial charge in [0, 0.05) is 5.56 Å². The maximum atomic E-state index is 13.5. The lowest BCUT2D eigenvalue weighted by atomic mass is 9.96. The number of nitrogens with one attached hydrogen (secondary N) is 2. The van der Waals surface area contributed by atoms with E-state index in [0.717, 1.165) is 6.42 Å². The van der Waals surface area contributed by atoms with E-state index in [0.29, 0.717) is 0 Å². The van der Waals surface area contributed by atoms with Gasteiger partial charge in [-0.15, -0.1) is 0 Å². The van der Waals surface area contributed by atoms with Gasteiger partial charge in [0.25, 0.3) is 5.91 Å². The van der Waals surface area contributed by atoms with Gasteiger partial charge < -0.3 is 10.6 Å². The monoisotopic (exact) mass is 276 g/mol. The fourth-order valence-electron chi connectivity index (χ4n) is 2.04. The Labute approximate surface area is 117 Å². The predicted octanol–water partition coefficient (Wildman–Crippen LogP) is 1.83. The molecule has 4 nitrogen and oxygen atoms in total. The molecule has 2 N–H and O–H groups in total. The standard InChI is InChI=1S/C15H17FN2O2/c1-3-9(2)13-15(20)17-12(14(19)18-13)8-10-6-4-5-7-11(10)16/h4-9,13H,3H2,1-2H3,(H,17,20)(H,18,19)/b12-8+/t9-,13-/m0/s1. The van der Waals surface area contributed by atoms with Crippen LogP contribution in [0.4, 0.5) is 4.39 Å². The van der Waals surface area contributed by atoms with Crippen molar-refractivity contribution in [2.24, 2.45) is 5.92 Å². The lowest BCUT2D eigenvalue weighted by Crippen LogP contribution is -2.57. The molecule has 0 aromatic heterocycles. The number of carbonyl (C=O) groups is 2. The van der Waals surface area contributed by atoms with E-state index in [1.165, 1.54) is 12.1 Å². The molecule has 2 atom stereocenters. The topological polar surface area (TPSA) is 58.2 Å². The summed E-state index contributed by atoms with van der Waals surface area (Å²) in [4.78, 5) is 23.9. The van der Waals surface area contributed by atoms with Crippen molar-refractivity contribution in [3.8, 4) is 0 Å². The molecule has 0 unspecified atom stereocenters. The molecule has 0 radical (unpaired) electrons. The fraction of sp³-hybridized carbons (Fsp3) is 0.333. The molecule has 2 rings (SSSR count). The summed E-state index contributed by atoms with van der Waals surface area (Å²) in [7, 11) is 0. The quantitative estimate of drug-likeness (QED) is 0.827. The average molecular weight is 276 g/mol. The number of piperazine rings is 1. The highest BCUT2D eigenvalue weighted by Gasteiger charge is 2.32. The Morgan fingerprint density at radius 3 is 2.70 bits per heavy atom. The van der Waals surface area contributed by atoms with Crippen molar-refractivity contribution < 1.29 is 14.0 Å². The molecule has 1 aliphatic rings. The van der Waals surface area contributed by atoms with Crippen LogP contribution >= 0.6 is 0 Å². The normalized spacial score (nSPS) is 22.4. The van der Waals surface area contributed by atoms with E-state index < -0.39 is 17.8 Å². The van der Waals surface area contributed by atoms with Crippen LogP contribution in [0.15, 0.2) is 30.0 Å². The first kappa shape index (κ1) is 14.2. The zero-order valence-electron chi connectivity index (χ0n) is 11.4. The predicted molar refractivity (Wildman–Crippen MR) is 73.9 cm³/mol. The van der Waals surface area contributed by atoms with Crippen LogP contribution in [0, 0.1) is 11.7 Å². The number of carbonyl (C=O) groups excluding carboxylic acids is 2. The van der Waals surface area contributed by atoms with Crippen molar-refractivity contribution >= 4 is 17.9 Å². The third-order valence-corrected chi connectivity index (χ3v) is 3.49. The molecule has 1 aromatic rings. The van der Waals surface area contributed by atoms with E-state index in [4.69, 9.17) is 0 Å². The molecule has 1 saturated heterocycles. The third kappa shape index (κ3) is 2.87. The van der Waals surface area contributed by atoms with E-state index >= 15 is 0 Å². The molecule has 0 bridgehead atoms. The van der Waals surface area contributed by atoms with Gasteiger partial charge in [-0.1, -0.05) is 38.5 Å². The Balaban J connectivity index is 2.23. The summed E-state index contributed by atoms with van der Waals surface area (Å²) in [5.74, 6) is -1.04. The van der Waals surface area contributed by atoms with Crippen molar-refractivity contribution in [1.29, 1.82) is 0 Å². The zero-order valence-corrected chi connectivity index (χ0v) is 11.4. The van der Waals surface area contributed by atoms with Crippen LogP contribution in [0.3, 0.4) is 0 Å². The molecule has 2 amide bonds. The van der Waals surface area contributed by atoms with Gasteiger partial charge >= 0.3 is 0 Å². The van der Waals surface area contributed by atoms with E-state index in [2.05, 4.69) is 10.6 Å². The molecule has 1 heterocycles.